The molecule has 32 heavy (non-hydrogen) atoms. The summed E-state index contributed by atoms with van der Waals surface area (Å²) >= 11 is 6.50. The fourth-order valence-electron chi connectivity index (χ4n) is 3.19. The van der Waals surface area contributed by atoms with Crippen LogP contribution in [0, 0.1) is 5.82 Å². The van der Waals surface area contributed by atoms with Crippen LogP contribution in [0.3, 0.4) is 0 Å². The quantitative estimate of drug-likeness (QED) is 0.336. The van der Waals surface area contributed by atoms with E-state index in [9.17, 15) is 9.18 Å². The van der Waals surface area contributed by atoms with Crippen LogP contribution in [0.15, 0.2) is 77.5 Å². The van der Waals surface area contributed by atoms with Gasteiger partial charge in [0, 0.05) is 5.56 Å². The van der Waals surface area contributed by atoms with Gasteiger partial charge in [0.15, 0.2) is 11.5 Å². The van der Waals surface area contributed by atoms with Gasteiger partial charge < -0.3 is 14.3 Å². The van der Waals surface area contributed by atoms with Crippen LogP contribution in [0.1, 0.15) is 23.6 Å². The molecule has 0 unspecified atom stereocenters. The van der Waals surface area contributed by atoms with Gasteiger partial charge in [0.05, 0.1) is 17.2 Å². The molecule has 0 aromatic heterocycles. The number of carbonyl (C=O) groups excluding carboxylic acids is 1. The van der Waals surface area contributed by atoms with Gasteiger partial charge in [-0.25, -0.2) is 9.18 Å². The first kappa shape index (κ1) is 21.6. The van der Waals surface area contributed by atoms with Gasteiger partial charge in [-0.05, 0) is 48.4 Å². The molecule has 0 atom stereocenters. The lowest BCUT2D eigenvalue weighted by Crippen LogP contribution is -2.07. The monoisotopic (exact) mass is 451 g/mol. The SMILES string of the molecule is CCOc1cc(/C=C2\C(=O)ON=C2c2ccccc2)cc(Cl)c1OCc1ccc(F)cc1. The van der Waals surface area contributed by atoms with Crippen molar-refractivity contribution in [3.8, 4) is 11.5 Å². The van der Waals surface area contributed by atoms with Gasteiger partial charge in [-0.2, -0.15) is 0 Å². The molecule has 3 aromatic rings. The number of carbonyl (C=O) groups is 1. The third-order valence-corrected chi connectivity index (χ3v) is 4.96. The number of hydrogen-bond donors (Lipinski definition) is 0. The summed E-state index contributed by atoms with van der Waals surface area (Å²) in [5, 5.41) is 4.23. The summed E-state index contributed by atoms with van der Waals surface area (Å²) < 4.78 is 24.7. The van der Waals surface area contributed by atoms with Crippen molar-refractivity contribution in [1.29, 1.82) is 0 Å². The van der Waals surface area contributed by atoms with E-state index in [1.807, 2.05) is 37.3 Å². The molecule has 0 N–H and O–H groups in total. The smallest absolute Gasteiger partial charge is 0.368 e. The minimum Gasteiger partial charge on any atom is -0.490 e. The van der Waals surface area contributed by atoms with Crippen molar-refractivity contribution in [3.05, 3.63) is 99.8 Å². The van der Waals surface area contributed by atoms with Gasteiger partial charge >= 0.3 is 5.97 Å². The predicted molar refractivity (Wildman–Crippen MR) is 120 cm³/mol. The van der Waals surface area contributed by atoms with E-state index in [0.717, 1.165) is 11.1 Å². The molecule has 0 radical (unpaired) electrons. The summed E-state index contributed by atoms with van der Waals surface area (Å²) in [5.74, 6) is -0.0675. The fraction of sp³-hybridized carbons (Fsp3) is 0.120. The lowest BCUT2D eigenvalue weighted by molar-refractivity contribution is -0.136. The molecule has 5 nitrogen and oxygen atoms in total. The topological polar surface area (TPSA) is 57.1 Å². The second kappa shape index (κ2) is 9.66. The zero-order chi connectivity index (χ0) is 22.5. The lowest BCUT2D eigenvalue weighted by Gasteiger charge is -2.15. The molecule has 0 aliphatic carbocycles. The summed E-state index contributed by atoms with van der Waals surface area (Å²) in [6, 6.07) is 18.7. The highest BCUT2D eigenvalue weighted by molar-refractivity contribution is 6.33. The maximum atomic E-state index is 13.1. The maximum absolute atomic E-state index is 13.1. The number of oxime groups is 1. The van der Waals surface area contributed by atoms with Gasteiger partial charge in [-0.1, -0.05) is 59.2 Å². The van der Waals surface area contributed by atoms with Crippen molar-refractivity contribution in [2.24, 2.45) is 5.16 Å². The van der Waals surface area contributed by atoms with E-state index in [1.165, 1.54) is 12.1 Å². The zero-order valence-corrected chi connectivity index (χ0v) is 17.9. The summed E-state index contributed by atoms with van der Waals surface area (Å²) in [6.07, 6.45) is 1.65. The molecule has 1 aliphatic rings. The van der Waals surface area contributed by atoms with Crippen LogP contribution < -0.4 is 9.47 Å². The normalized spacial score (nSPS) is 14.3. The van der Waals surface area contributed by atoms with E-state index in [2.05, 4.69) is 5.16 Å². The Balaban J connectivity index is 1.64. The van der Waals surface area contributed by atoms with Gasteiger partial charge in [0.2, 0.25) is 0 Å². The number of ether oxygens (including phenoxy) is 2. The zero-order valence-electron chi connectivity index (χ0n) is 17.2. The number of hydrogen-bond acceptors (Lipinski definition) is 5. The molecule has 0 spiro atoms. The maximum Gasteiger partial charge on any atom is 0.368 e. The highest BCUT2D eigenvalue weighted by atomic mass is 35.5. The van der Waals surface area contributed by atoms with E-state index in [0.29, 0.717) is 40.0 Å². The molecule has 0 saturated carbocycles. The van der Waals surface area contributed by atoms with Crippen LogP contribution in [0.4, 0.5) is 4.39 Å². The second-order valence-corrected chi connectivity index (χ2v) is 7.33. The molecular formula is C25H19ClFNO4. The number of benzene rings is 3. The summed E-state index contributed by atoms with van der Waals surface area (Å²) in [5.41, 5.74) is 2.94. The largest absolute Gasteiger partial charge is 0.490 e. The Labute approximate surface area is 189 Å². The molecule has 1 aliphatic heterocycles. The molecule has 0 bridgehead atoms. The summed E-state index contributed by atoms with van der Waals surface area (Å²) in [7, 11) is 0. The molecule has 4 rings (SSSR count). The van der Waals surface area contributed by atoms with Crippen molar-refractivity contribution in [1.82, 2.24) is 0 Å². The first-order valence-electron chi connectivity index (χ1n) is 9.95. The Bertz CT molecular complexity index is 1190. The molecule has 0 saturated heterocycles. The van der Waals surface area contributed by atoms with Crippen LogP contribution in [0.2, 0.25) is 5.02 Å². The second-order valence-electron chi connectivity index (χ2n) is 6.92. The lowest BCUT2D eigenvalue weighted by atomic mass is 10.0. The van der Waals surface area contributed by atoms with E-state index >= 15 is 0 Å². The van der Waals surface area contributed by atoms with E-state index in [-0.39, 0.29) is 12.4 Å². The van der Waals surface area contributed by atoms with Gasteiger partial charge in [0.1, 0.15) is 18.1 Å². The highest BCUT2D eigenvalue weighted by Gasteiger charge is 2.27. The molecule has 1 heterocycles. The number of rotatable bonds is 7. The molecule has 7 heteroatoms. The molecule has 162 valence electrons. The first-order chi connectivity index (χ1) is 15.5. The molecule has 0 amide bonds. The van der Waals surface area contributed by atoms with Gasteiger partial charge in [0.25, 0.3) is 0 Å². The van der Waals surface area contributed by atoms with Gasteiger partial charge in [-0.3, -0.25) is 0 Å². The molecular weight excluding hydrogens is 433 g/mol. The Morgan fingerprint density at radius 2 is 1.81 bits per heavy atom. The molecule has 3 aromatic carbocycles. The minimum atomic E-state index is -0.547. The van der Waals surface area contributed by atoms with Crippen LogP contribution >= 0.6 is 11.6 Å². The van der Waals surface area contributed by atoms with E-state index < -0.39 is 5.97 Å². The first-order valence-corrected chi connectivity index (χ1v) is 10.3. The van der Waals surface area contributed by atoms with Crippen LogP contribution in [0.5, 0.6) is 11.5 Å². The number of nitrogens with zero attached hydrogens (tertiary/aromatic N) is 1. The van der Waals surface area contributed by atoms with E-state index in [4.69, 9.17) is 25.9 Å². The fourth-order valence-corrected chi connectivity index (χ4v) is 3.46. The highest BCUT2D eigenvalue weighted by Crippen LogP contribution is 2.38. The van der Waals surface area contributed by atoms with Crippen molar-refractivity contribution in [2.75, 3.05) is 6.61 Å². The average Bonchev–Trinajstić information content (AvgIpc) is 3.15. The third kappa shape index (κ3) is 4.81. The van der Waals surface area contributed by atoms with Crippen molar-refractivity contribution in [2.45, 2.75) is 13.5 Å². The van der Waals surface area contributed by atoms with Crippen LogP contribution in [0.25, 0.3) is 6.08 Å². The Morgan fingerprint density at radius 1 is 1.06 bits per heavy atom. The average molecular weight is 452 g/mol. The summed E-state index contributed by atoms with van der Waals surface area (Å²) in [4.78, 5) is 17.2. The molecule has 0 fully saturated rings. The van der Waals surface area contributed by atoms with Crippen molar-refractivity contribution < 1.29 is 23.5 Å². The van der Waals surface area contributed by atoms with Crippen LogP contribution in [-0.4, -0.2) is 18.3 Å². The number of halogens is 2. The summed E-state index contributed by atoms with van der Waals surface area (Å²) in [6.45, 7) is 2.43. The third-order valence-electron chi connectivity index (χ3n) is 4.68. The van der Waals surface area contributed by atoms with Gasteiger partial charge in [-0.15, -0.1) is 0 Å². The van der Waals surface area contributed by atoms with Crippen LogP contribution in [-0.2, 0) is 16.2 Å². The van der Waals surface area contributed by atoms with Crippen molar-refractivity contribution in [3.63, 3.8) is 0 Å². The Kier molecular flexibility index (Phi) is 6.52. The standard InChI is InChI=1S/C25H19ClFNO4/c1-2-30-22-14-17(12-20-23(28-32-25(20)29)18-6-4-3-5-7-18)13-21(26)24(22)31-15-16-8-10-19(27)11-9-16/h3-14H,2,15H2,1H3/b20-12-. The minimum absolute atomic E-state index is 0.192. The van der Waals surface area contributed by atoms with Crippen molar-refractivity contribution >= 4 is 29.4 Å². The Hall–Kier alpha value is -3.64. The Morgan fingerprint density at radius 3 is 2.53 bits per heavy atom. The van der Waals surface area contributed by atoms with E-state index in [1.54, 1.807) is 30.3 Å². The predicted octanol–water partition coefficient (Wildman–Crippen LogP) is 5.80.